The summed E-state index contributed by atoms with van der Waals surface area (Å²) in [6.07, 6.45) is 3.21. The number of carbonyl (C=O) groups is 1. The van der Waals surface area contributed by atoms with Crippen molar-refractivity contribution in [3.63, 3.8) is 0 Å². The molecule has 1 N–H and O–H groups in total. The number of hydroxylamine groups is 2. The Morgan fingerprint density at radius 2 is 2.04 bits per heavy atom. The molecule has 0 saturated heterocycles. The molecule has 1 aromatic rings. The van der Waals surface area contributed by atoms with Gasteiger partial charge in [-0.3, -0.25) is 5.21 Å². The van der Waals surface area contributed by atoms with Gasteiger partial charge < -0.3 is 14.2 Å². The van der Waals surface area contributed by atoms with Crippen molar-refractivity contribution in [3.8, 4) is 0 Å². The Balaban J connectivity index is 1.59. The molecule has 6 heteroatoms. The van der Waals surface area contributed by atoms with Gasteiger partial charge in [0.1, 0.15) is 0 Å². The van der Waals surface area contributed by atoms with Crippen LogP contribution in [0.5, 0.6) is 0 Å². The van der Waals surface area contributed by atoms with Gasteiger partial charge in [0.15, 0.2) is 0 Å². The summed E-state index contributed by atoms with van der Waals surface area (Å²) in [5.41, 5.74) is 1.12. The highest BCUT2D eigenvalue weighted by atomic mass is 16.6. The van der Waals surface area contributed by atoms with Crippen molar-refractivity contribution in [2.75, 3.05) is 19.8 Å². The minimum absolute atomic E-state index is 0.135. The number of benzene rings is 1. The van der Waals surface area contributed by atoms with E-state index in [-0.39, 0.29) is 12.7 Å². The molecule has 23 heavy (non-hydrogen) atoms. The van der Waals surface area contributed by atoms with Crippen molar-refractivity contribution in [1.82, 2.24) is 5.06 Å². The third-order valence-corrected chi connectivity index (χ3v) is 3.46. The van der Waals surface area contributed by atoms with E-state index in [9.17, 15) is 10.0 Å². The second-order valence-corrected chi connectivity index (χ2v) is 5.18. The Labute approximate surface area is 136 Å². The van der Waals surface area contributed by atoms with E-state index in [2.05, 4.69) is 0 Å². The molecule has 0 spiro atoms. The molecule has 2 rings (SSSR count). The molecule has 0 radical (unpaired) electrons. The second-order valence-electron chi connectivity index (χ2n) is 5.18. The van der Waals surface area contributed by atoms with Gasteiger partial charge in [0, 0.05) is 6.42 Å². The molecule has 1 amide bonds. The lowest BCUT2D eigenvalue weighted by Crippen LogP contribution is -2.36. The highest BCUT2D eigenvalue weighted by Crippen LogP contribution is 2.19. The van der Waals surface area contributed by atoms with Gasteiger partial charge in [0.05, 0.1) is 38.6 Å². The van der Waals surface area contributed by atoms with E-state index in [4.69, 9.17) is 14.2 Å². The number of rotatable bonds is 8. The molecular weight excluding hydrogens is 298 g/mol. The molecule has 0 aromatic heterocycles. The van der Waals surface area contributed by atoms with Crippen LogP contribution in [0.2, 0.25) is 0 Å². The fraction of sp³-hybridized carbons (Fsp3) is 0.471. The Kier molecular flexibility index (Phi) is 7.06. The summed E-state index contributed by atoms with van der Waals surface area (Å²) in [6.45, 7) is 3.42. The summed E-state index contributed by atoms with van der Waals surface area (Å²) >= 11 is 0. The SMILES string of the molecule is CCOC(=O)N(O)[C@H]1C=C[C@@H](OCCOCc2ccccc2)C1. The van der Waals surface area contributed by atoms with Crippen LogP contribution in [0.25, 0.3) is 0 Å². The van der Waals surface area contributed by atoms with Crippen LogP contribution in [0, 0.1) is 0 Å². The maximum absolute atomic E-state index is 11.4. The van der Waals surface area contributed by atoms with E-state index in [1.54, 1.807) is 13.0 Å². The van der Waals surface area contributed by atoms with E-state index < -0.39 is 12.1 Å². The lowest BCUT2D eigenvalue weighted by atomic mass is 10.2. The first-order valence-corrected chi connectivity index (χ1v) is 7.77. The quantitative estimate of drug-likeness (QED) is 0.345. The fourth-order valence-electron chi connectivity index (χ4n) is 2.30. The van der Waals surface area contributed by atoms with Crippen molar-refractivity contribution in [1.29, 1.82) is 0 Å². The molecular formula is C17H23NO5. The smallest absolute Gasteiger partial charge is 0.434 e. The first kappa shape index (κ1) is 17.5. The third kappa shape index (κ3) is 5.67. The number of hydrogen-bond acceptors (Lipinski definition) is 5. The van der Waals surface area contributed by atoms with Gasteiger partial charge in [-0.25, -0.2) is 4.79 Å². The molecule has 0 unspecified atom stereocenters. The van der Waals surface area contributed by atoms with Crippen LogP contribution in [-0.2, 0) is 20.8 Å². The molecule has 1 aromatic carbocycles. The van der Waals surface area contributed by atoms with Crippen LogP contribution in [0.3, 0.4) is 0 Å². The minimum Gasteiger partial charge on any atom is -0.448 e. The number of carbonyl (C=O) groups excluding carboxylic acids is 1. The Hall–Kier alpha value is -1.89. The molecule has 0 aliphatic heterocycles. The highest BCUT2D eigenvalue weighted by Gasteiger charge is 2.28. The zero-order chi connectivity index (χ0) is 16.5. The topological polar surface area (TPSA) is 68.2 Å². The molecule has 0 bridgehead atoms. The normalized spacial score (nSPS) is 19.7. The maximum Gasteiger partial charge on any atom is 0.434 e. The second kappa shape index (κ2) is 9.29. The fourth-order valence-corrected chi connectivity index (χ4v) is 2.30. The average Bonchev–Trinajstić information content (AvgIpc) is 3.04. The molecule has 0 heterocycles. The number of ether oxygens (including phenoxy) is 3. The monoisotopic (exact) mass is 321 g/mol. The summed E-state index contributed by atoms with van der Waals surface area (Å²) < 4.78 is 15.9. The van der Waals surface area contributed by atoms with Crippen molar-refractivity contribution in [3.05, 3.63) is 48.0 Å². The largest absolute Gasteiger partial charge is 0.448 e. The Morgan fingerprint density at radius 3 is 2.78 bits per heavy atom. The average molecular weight is 321 g/mol. The van der Waals surface area contributed by atoms with E-state index in [1.165, 1.54) is 0 Å². The molecule has 2 atom stereocenters. The van der Waals surface area contributed by atoms with Gasteiger partial charge in [0.2, 0.25) is 0 Å². The highest BCUT2D eigenvalue weighted by molar-refractivity contribution is 5.66. The lowest BCUT2D eigenvalue weighted by molar-refractivity contribution is -0.0977. The van der Waals surface area contributed by atoms with E-state index in [0.717, 1.165) is 5.56 Å². The number of hydrogen-bond donors (Lipinski definition) is 1. The standard InChI is InChI=1S/C17H23NO5/c1-2-22-17(19)18(20)15-8-9-16(12-15)23-11-10-21-13-14-6-4-3-5-7-14/h3-9,15-16,20H,2,10-13H2,1H3/t15-,16+/m0/s1. The van der Waals surface area contributed by atoms with Crippen LogP contribution >= 0.6 is 0 Å². The third-order valence-electron chi connectivity index (χ3n) is 3.46. The first-order valence-electron chi connectivity index (χ1n) is 7.77. The van der Waals surface area contributed by atoms with Crippen molar-refractivity contribution < 1.29 is 24.2 Å². The van der Waals surface area contributed by atoms with Crippen molar-refractivity contribution >= 4 is 6.09 Å². The molecule has 126 valence electrons. The summed E-state index contributed by atoms with van der Waals surface area (Å²) in [4.78, 5) is 11.4. The van der Waals surface area contributed by atoms with E-state index in [0.29, 0.717) is 31.3 Å². The van der Waals surface area contributed by atoms with Crippen LogP contribution < -0.4 is 0 Å². The molecule has 0 fully saturated rings. The summed E-state index contributed by atoms with van der Waals surface area (Å²) in [5.74, 6) is 0. The van der Waals surface area contributed by atoms with Crippen LogP contribution in [0.4, 0.5) is 4.79 Å². The number of nitrogens with zero attached hydrogens (tertiary/aromatic N) is 1. The Morgan fingerprint density at radius 1 is 1.26 bits per heavy atom. The predicted octanol–water partition coefficient (Wildman–Crippen LogP) is 2.76. The van der Waals surface area contributed by atoms with E-state index >= 15 is 0 Å². The molecule has 0 saturated carbocycles. The predicted molar refractivity (Wildman–Crippen MR) is 84.0 cm³/mol. The lowest BCUT2D eigenvalue weighted by Gasteiger charge is -2.21. The van der Waals surface area contributed by atoms with Crippen LogP contribution in [0.15, 0.2) is 42.5 Å². The zero-order valence-electron chi connectivity index (χ0n) is 13.3. The van der Waals surface area contributed by atoms with Gasteiger partial charge in [-0.1, -0.05) is 42.5 Å². The zero-order valence-corrected chi connectivity index (χ0v) is 13.3. The van der Waals surface area contributed by atoms with Crippen LogP contribution in [0.1, 0.15) is 18.9 Å². The number of amides is 1. The van der Waals surface area contributed by atoms with Gasteiger partial charge in [-0.05, 0) is 12.5 Å². The maximum atomic E-state index is 11.4. The van der Waals surface area contributed by atoms with Crippen LogP contribution in [-0.4, -0.2) is 48.3 Å². The van der Waals surface area contributed by atoms with Crippen molar-refractivity contribution in [2.45, 2.75) is 32.1 Å². The van der Waals surface area contributed by atoms with Gasteiger partial charge in [-0.2, -0.15) is 5.06 Å². The summed E-state index contributed by atoms with van der Waals surface area (Å²) in [7, 11) is 0. The van der Waals surface area contributed by atoms with E-state index in [1.807, 2.05) is 36.4 Å². The molecule has 1 aliphatic rings. The molecule has 6 nitrogen and oxygen atoms in total. The summed E-state index contributed by atoms with van der Waals surface area (Å²) in [5, 5.41) is 10.3. The first-order chi connectivity index (χ1) is 11.2. The van der Waals surface area contributed by atoms with Crippen molar-refractivity contribution in [2.24, 2.45) is 0 Å². The Bertz CT molecular complexity index is 505. The van der Waals surface area contributed by atoms with Gasteiger partial charge in [-0.15, -0.1) is 0 Å². The van der Waals surface area contributed by atoms with Gasteiger partial charge in [0.25, 0.3) is 0 Å². The van der Waals surface area contributed by atoms with Gasteiger partial charge >= 0.3 is 6.09 Å². The minimum atomic E-state index is -0.742. The molecule has 1 aliphatic carbocycles. The summed E-state index contributed by atoms with van der Waals surface area (Å²) in [6, 6.07) is 9.53.